The molecule has 1 aromatic carbocycles. The summed E-state index contributed by atoms with van der Waals surface area (Å²) in [7, 11) is 0. The number of hydrogen-bond donors (Lipinski definition) is 0. The second kappa shape index (κ2) is 11.4. The highest BCUT2D eigenvalue weighted by Gasteiger charge is 2.19. The molecule has 1 aliphatic heterocycles. The summed E-state index contributed by atoms with van der Waals surface area (Å²) in [4.78, 5) is 20.9. The molecule has 0 aliphatic carbocycles. The first-order chi connectivity index (χ1) is 14.7. The Labute approximate surface area is 179 Å². The Kier molecular flexibility index (Phi) is 8.27. The number of amides is 1. The number of ether oxygens (including phenoxy) is 2. The van der Waals surface area contributed by atoms with E-state index in [-0.39, 0.29) is 5.91 Å². The van der Waals surface area contributed by atoms with Gasteiger partial charge in [0.1, 0.15) is 0 Å². The van der Waals surface area contributed by atoms with Gasteiger partial charge in [-0.05, 0) is 54.8 Å². The molecular formula is C24H31N3O3. The zero-order valence-corrected chi connectivity index (χ0v) is 17.9. The van der Waals surface area contributed by atoms with Gasteiger partial charge in [0.2, 0.25) is 5.91 Å². The van der Waals surface area contributed by atoms with E-state index in [4.69, 9.17) is 9.47 Å². The summed E-state index contributed by atoms with van der Waals surface area (Å²) < 4.78 is 11.4. The molecule has 1 aliphatic rings. The van der Waals surface area contributed by atoms with Crippen LogP contribution in [0.2, 0.25) is 0 Å². The molecule has 160 valence electrons. The van der Waals surface area contributed by atoms with Crippen LogP contribution in [-0.4, -0.2) is 60.1 Å². The molecule has 3 rings (SSSR count). The second-order valence-electron chi connectivity index (χ2n) is 7.28. The van der Waals surface area contributed by atoms with Crippen molar-refractivity contribution in [2.24, 2.45) is 0 Å². The summed E-state index contributed by atoms with van der Waals surface area (Å²) in [5.41, 5.74) is 2.17. The van der Waals surface area contributed by atoms with Crippen LogP contribution in [-0.2, 0) is 11.3 Å². The van der Waals surface area contributed by atoms with E-state index < -0.39 is 0 Å². The molecule has 2 heterocycles. The lowest BCUT2D eigenvalue weighted by molar-refractivity contribution is -0.127. The van der Waals surface area contributed by atoms with E-state index >= 15 is 0 Å². The summed E-state index contributed by atoms with van der Waals surface area (Å²) in [6, 6.07) is 9.85. The molecule has 1 saturated heterocycles. The fraction of sp³-hybridized carbons (Fsp3) is 0.417. The van der Waals surface area contributed by atoms with E-state index in [0.29, 0.717) is 19.0 Å². The predicted molar refractivity (Wildman–Crippen MR) is 119 cm³/mol. The average molecular weight is 410 g/mol. The molecule has 0 radical (unpaired) electrons. The topological polar surface area (TPSA) is 54.9 Å². The molecule has 2 aromatic rings. The summed E-state index contributed by atoms with van der Waals surface area (Å²) >= 11 is 0. The van der Waals surface area contributed by atoms with Gasteiger partial charge in [0.15, 0.2) is 11.5 Å². The van der Waals surface area contributed by atoms with Gasteiger partial charge in [0.05, 0.1) is 13.2 Å². The van der Waals surface area contributed by atoms with E-state index in [9.17, 15) is 4.79 Å². The minimum atomic E-state index is 0.0443. The Bertz CT molecular complexity index is 831. The number of hydrogen-bond acceptors (Lipinski definition) is 5. The van der Waals surface area contributed by atoms with Crippen molar-refractivity contribution in [2.75, 3.05) is 39.4 Å². The summed E-state index contributed by atoms with van der Waals surface area (Å²) in [5.74, 6) is 1.50. The van der Waals surface area contributed by atoms with Crippen LogP contribution in [0.15, 0.2) is 48.8 Å². The number of carbonyl (C=O) groups excluding carboxylic acids is 1. The highest BCUT2D eigenvalue weighted by atomic mass is 16.5. The van der Waals surface area contributed by atoms with E-state index in [1.807, 2.05) is 60.6 Å². The van der Waals surface area contributed by atoms with Crippen molar-refractivity contribution < 1.29 is 14.3 Å². The monoisotopic (exact) mass is 409 g/mol. The molecule has 6 nitrogen and oxygen atoms in total. The van der Waals surface area contributed by atoms with E-state index in [1.54, 1.807) is 6.08 Å². The molecule has 1 amide bonds. The van der Waals surface area contributed by atoms with Crippen LogP contribution >= 0.6 is 0 Å². The standard InChI is InChI=1S/C24H31N3O3/c1-3-17-30-22-7-5-20(18-23(22)29-4-2)6-8-24(28)27-15-13-26(14-16-27)19-21-9-11-25-12-10-21/h5-12,18H,3-4,13-17,19H2,1-2H3/b8-6+. The number of rotatable bonds is 9. The van der Waals surface area contributed by atoms with E-state index in [1.165, 1.54) is 5.56 Å². The van der Waals surface area contributed by atoms with Crippen molar-refractivity contribution in [3.8, 4) is 11.5 Å². The van der Waals surface area contributed by atoms with Crippen LogP contribution in [0.5, 0.6) is 11.5 Å². The van der Waals surface area contributed by atoms with Crippen LogP contribution in [0, 0.1) is 0 Å². The third-order valence-electron chi connectivity index (χ3n) is 4.99. The van der Waals surface area contributed by atoms with Gasteiger partial charge < -0.3 is 14.4 Å². The number of benzene rings is 1. The van der Waals surface area contributed by atoms with Gasteiger partial charge in [0.25, 0.3) is 0 Å². The number of piperazine rings is 1. The van der Waals surface area contributed by atoms with Crippen molar-refractivity contribution >= 4 is 12.0 Å². The molecule has 0 bridgehead atoms. The number of nitrogens with zero attached hydrogens (tertiary/aromatic N) is 3. The second-order valence-corrected chi connectivity index (χ2v) is 7.28. The lowest BCUT2D eigenvalue weighted by Crippen LogP contribution is -2.47. The maximum absolute atomic E-state index is 12.6. The maximum atomic E-state index is 12.6. The quantitative estimate of drug-likeness (QED) is 0.592. The predicted octanol–water partition coefficient (Wildman–Crippen LogP) is 3.63. The number of pyridine rings is 1. The first kappa shape index (κ1) is 21.8. The molecule has 0 N–H and O–H groups in total. The maximum Gasteiger partial charge on any atom is 0.246 e. The Morgan fingerprint density at radius 1 is 1.03 bits per heavy atom. The minimum Gasteiger partial charge on any atom is -0.490 e. The van der Waals surface area contributed by atoms with E-state index in [0.717, 1.165) is 50.5 Å². The van der Waals surface area contributed by atoms with Gasteiger partial charge in [-0.3, -0.25) is 14.7 Å². The van der Waals surface area contributed by atoms with Crippen molar-refractivity contribution in [3.63, 3.8) is 0 Å². The first-order valence-electron chi connectivity index (χ1n) is 10.7. The lowest BCUT2D eigenvalue weighted by atomic mass is 10.1. The van der Waals surface area contributed by atoms with Gasteiger partial charge >= 0.3 is 0 Å². The van der Waals surface area contributed by atoms with Gasteiger partial charge in [-0.15, -0.1) is 0 Å². The Balaban J connectivity index is 1.53. The van der Waals surface area contributed by atoms with Crippen LogP contribution < -0.4 is 9.47 Å². The smallest absolute Gasteiger partial charge is 0.246 e. The van der Waals surface area contributed by atoms with Crippen molar-refractivity contribution in [1.29, 1.82) is 0 Å². The summed E-state index contributed by atoms with van der Waals surface area (Å²) in [6.45, 7) is 9.36. The fourth-order valence-electron chi connectivity index (χ4n) is 3.37. The molecule has 0 atom stereocenters. The van der Waals surface area contributed by atoms with Crippen molar-refractivity contribution in [3.05, 3.63) is 59.9 Å². The highest BCUT2D eigenvalue weighted by Crippen LogP contribution is 2.29. The molecule has 0 unspecified atom stereocenters. The molecule has 1 fully saturated rings. The van der Waals surface area contributed by atoms with Gasteiger partial charge in [-0.2, -0.15) is 0 Å². The molecule has 0 spiro atoms. The SMILES string of the molecule is CCCOc1ccc(/C=C/C(=O)N2CCN(Cc3ccncc3)CC2)cc1OCC. The molecule has 1 aromatic heterocycles. The Hall–Kier alpha value is -2.86. The first-order valence-corrected chi connectivity index (χ1v) is 10.7. The summed E-state index contributed by atoms with van der Waals surface area (Å²) in [5, 5.41) is 0. The molecule has 6 heteroatoms. The van der Waals surface area contributed by atoms with E-state index in [2.05, 4.69) is 16.8 Å². The lowest BCUT2D eigenvalue weighted by Gasteiger charge is -2.34. The van der Waals surface area contributed by atoms with Crippen LogP contribution in [0.25, 0.3) is 6.08 Å². The van der Waals surface area contributed by atoms with Gasteiger partial charge in [-0.25, -0.2) is 0 Å². The van der Waals surface area contributed by atoms with Crippen molar-refractivity contribution in [1.82, 2.24) is 14.8 Å². The van der Waals surface area contributed by atoms with Crippen LogP contribution in [0.1, 0.15) is 31.4 Å². The largest absolute Gasteiger partial charge is 0.490 e. The zero-order chi connectivity index (χ0) is 21.2. The fourth-order valence-corrected chi connectivity index (χ4v) is 3.37. The molecular weight excluding hydrogens is 378 g/mol. The summed E-state index contributed by atoms with van der Waals surface area (Å²) in [6.07, 6.45) is 8.07. The molecule has 30 heavy (non-hydrogen) atoms. The number of aromatic nitrogens is 1. The van der Waals surface area contributed by atoms with Crippen LogP contribution in [0.4, 0.5) is 0 Å². The third kappa shape index (κ3) is 6.32. The minimum absolute atomic E-state index is 0.0443. The normalized spacial score (nSPS) is 14.8. The van der Waals surface area contributed by atoms with Crippen molar-refractivity contribution in [2.45, 2.75) is 26.8 Å². The van der Waals surface area contributed by atoms with Gasteiger partial charge in [-0.1, -0.05) is 13.0 Å². The van der Waals surface area contributed by atoms with Gasteiger partial charge in [0, 0.05) is 51.2 Å². The highest BCUT2D eigenvalue weighted by molar-refractivity contribution is 5.92. The van der Waals surface area contributed by atoms with Crippen LogP contribution in [0.3, 0.4) is 0 Å². The Morgan fingerprint density at radius 2 is 1.80 bits per heavy atom. The Morgan fingerprint density at radius 3 is 2.50 bits per heavy atom. The number of carbonyl (C=O) groups is 1. The molecule has 0 saturated carbocycles. The third-order valence-corrected chi connectivity index (χ3v) is 4.99. The average Bonchev–Trinajstić information content (AvgIpc) is 2.78. The zero-order valence-electron chi connectivity index (χ0n) is 17.9.